The lowest BCUT2D eigenvalue weighted by Crippen LogP contribution is -2.12. The fourth-order valence-corrected chi connectivity index (χ4v) is 3.32. The molecular weight excluding hydrogens is 144 g/mol. The Balaban J connectivity index is 1.94. The van der Waals surface area contributed by atoms with E-state index in [0.29, 0.717) is 0 Å². The van der Waals surface area contributed by atoms with Crippen LogP contribution in [0.4, 0.5) is 0 Å². The summed E-state index contributed by atoms with van der Waals surface area (Å²) in [7, 11) is 0. The average Bonchev–Trinajstić information content (AvgIpc) is 2.46. The van der Waals surface area contributed by atoms with Gasteiger partial charge in [0, 0.05) is 0 Å². The molecular formula is C12H22. The van der Waals surface area contributed by atoms with E-state index in [1.165, 1.54) is 12.8 Å². The molecule has 12 heavy (non-hydrogen) atoms. The third kappa shape index (κ3) is 1.53. The molecule has 0 spiro atoms. The molecule has 2 rings (SSSR count). The zero-order valence-corrected chi connectivity index (χ0v) is 8.55. The molecule has 0 heterocycles. The molecule has 0 aromatic heterocycles. The minimum absolute atomic E-state index is 0.940. The van der Waals surface area contributed by atoms with Crippen LogP contribution in [0.3, 0.4) is 0 Å². The van der Waals surface area contributed by atoms with Crippen molar-refractivity contribution in [1.29, 1.82) is 0 Å². The monoisotopic (exact) mass is 166 g/mol. The average molecular weight is 166 g/mol. The second kappa shape index (κ2) is 3.40. The Hall–Kier alpha value is 0. The van der Waals surface area contributed by atoms with Gasteiger partial charge in [-0.2, -0.15) is 0 Å². The van der Waals surface area contributed by atoms with Gasteiger partial charge in [-0.3, -0.25) is 0 Å². The first kappa shape index (κ1) is 8.59. The topological polar surface area (TPSA) is 0 Å². The van der Waals surface area contributed by atoms with E-state index >= 15 is 0 Å². The SMILES string of the molecule is CC(C)C1C[C@H]2CCCC[C@H]2C1. The Kier molecular flexibility index (Phi) is 2.43. The molecule has 0 heteroatoms. The van der Waals surface area contributed by atoms with Crippen LogP contribution in [-0.4, -0.2) is 0 Å². The van der Waals surface area contributed by atoms with Gasteiger partial charge in [0.25, 0.3) is 0 Å². The summed E-state index contributed by atoms with van der Waals surface area (Å²) in [5.74, 6) is 4.27. The molecule has 0 radical (unpaired) electrons. The van der Waals surface area contributed by atoms with E-state index in [-0.39, 0.29) is 0 Å². The molecule has 2 saturated carbocycles. The molecule has 70 valence electrons. The zero-order chi connectivity index (χ0) is 8.55. The maximum atomic E-state index is 2.40. The lowest BCUT2D eigenvalue weighted by Gasteiger charge is -2.24. The van der Waals surface area contributed by atoms with Crippen molar-refractivity contribution in [1.82, 2.24) is 0 Å². The molecule has 0 nitrogen and oxygen atoms in total. The first-order valence-electron chi connectivity index (χ1n) is 5.77. The first-order chi connectivity index (χ1) is 5.77. The van der Waals surface area contributed by atoms with Crippen LogP contribution < -0.4 is 0 Å². The van der Waals surface area contributed by atoms with E-state index in [4.69, 9.17) is 0 Å². The minimum atomic E-state index is 0.940. The van der Waals surface area contributed by atoms with Gasteiger partial charge in [-0.1, -0.05) is 39.5 Å². The Morgan fingerprint density at radius 2 is 1.42 bits per heavy atom. The van der Waals surface area contributed by atoms with E-state index in [1.807, 2.05) is 0 Å². The number of hydrogen-bond acceptors (Lipinski definition) is 0. The summed E-state index contributed by atoms with van der Waals surface area (Å²) in [6.07, 6.45) is 9.25. The second-order valence-corrected chi connectivity index (χ2v) is 5.28. The van der Waals surface area contributed by atoms with Crippen LogP contribution in [0.2, 0.25) is 0 Å². The molecule has 0 aliphatic heterocycles. The van der Waals surface area contributed by atoms with Crippen molar-refractivity contribution in [2.45, 2.75) is 52.4 Å². The zero-order valence-electron chi connectivity index (χ0n) is 8.55. The summed E-state index contributed by atoms with van der Waals surface area (Å²) in [6.45, 7) is 4.81. The molecule has 0 bridgehead atoms. The summed E-state index contributed by atoms with van der Waals surface area (Å²) in [4.78, 5) is 0. The van der Waals surface area contributed by atoms with Crippen molar-refractivity contribution in [2.24, 2.45) is 23.7 Å². The highest BCUT2D eigenvalue weighted by molar-refractivity contribution is 4.87. The van der Waals surface area contributed by atoms with Crippen molar-refractivity contribution < 1.29 is 0 Å². The highest BCUT2D eigenvalue weighted by atomic mass is 14.4. The maximum Gasteiger partial charge on any atom is -0.0383 e. The van der Waals surface area contributed by atoms with E-state index < -0.39 is 0 Å². The third-order valence-corrected chi connectivity index (χ3v) is 4.22. The van der Waals surface area contributed by atoms with Crippen molar-refractivity contribution >= 4 is 0 Å². The number of fused-ring (bicyclic) bond motifs is 1. The molecule has 0 aromatic rings. The third-order valence-electron chi connectivity index (χ3n) is 4.22. The molecule has 2 aliphatic rings. The lowest BCUT2D eigenvalue weighted by atomic mass is 9.82. The van der Waals surface area contributed by atoms with Gasteiger partial charge in [0.1, 0.15) is 0 Å². The fraction of sp³-hybridized carbons (Fsp3) is 1.00. The van der Waals surface area contributed by atoms with Crippen LogP contribution in [0.25, 0.3) is 0 Å². The first-order valence-corrected chi connectivity index (χ1v) is 5.77. The van der Waals surface area contributed by atoms with Crippen LogP contribution in [0.15, 0.2) is 0 Å². The predicted octanol–water partition coefficient (Wildman–Crippen LogP) is 3.86. The van der Waals surface area contributed by atoms with Crippen molar-refractivity contribution in [3.8, 4) is 0 Å². The van der Waals surface area contributed by atoms with Crippen molar-refractivity contribution in [2.75, 3.05) is 0 Å². The van der Waals surface area contributed by atoms with Gasteiger partial charge in [0.05, 0.1) is 0 Å². The van der Waals surface area contributed by atoms with Crippen LogP contribution >= 0.6 is 0 Å². The number of rotatable bonds is 1. The predicted molar refractivity (Wildman–Crippen MR) is 53.0 cm³/mol. The summed E-state index contributed by atoms with van der Waals surface area (Å²) < 4.78 is 0. The van der Waals surface area contributed by atoms with Gasteiger partial charge < -0.3 is 0 Å². The fourth-order valence-electron chi connectivity index (χ4n) is 3.32. The van der Waals surface area contributed by atoms with Gasteiger partial charge in [-0.25, -0.2) is 0 Å². The molecule has 0 saturated heterocycles. The van der Waals surface area contributed by atoms with E-state index in [1.54, 1.807) is 25.7 Å². The summed E-state index contributed by atoms with van der Waals surface area (Å²) in [6, 6.07) is 0. The highest BCUT2D eigenvalue weighted by Crippen LogP contribution is 2.47. The molecule has 0 N–H and O–H groups in total. The van der Waals surface area contributed by atoms with Crippen LogP contribution in [0, 0.1) is 23.7 Å². The second-order valence-electron chi connectivity index (χ2n) is 5.28. The number of hydrogen-bond donors (Lipinski definition) is 0. The highest BCUT2D eigenvalue weighted by Gasteiger charge is 2.36. The maximum absolute atomic E-state index is 2.40. The molecule has 3 atom stereocenters. The van der Waals surface area contributed by atoms with Gasteiger partial charge in [-0.05, 0) is 36.5 Å². The Morgan fingerprint density at radius 3 is 1.83 bits per heavy atom. The summed E-state index contributed by atoms with van der Waals surface area (Å²) >= 11 is 0. The summed E-state index contributed by atoms with van der Waals surface area (Å²) in [5, 5.41) is 0. The Labute approximate surface area is 76.7 Å². The normalized spacial score (nSPS) is 41.8. The van der Waals surface area contributed by atoms with Crippen LogP contribution in [-0.2, 0) is 0 Å². The molecule has 0 amide bonds. The molecule has 2 fully saturated rings. The van der Waals surface area contributed by atoms with Crippen molar-refractivity contribution in [3.63, 3.8) is 0 Å². The Morgan fingerprint density at radius 1 is 0.917 bits per heavy atom. The lowest BCUT2D eigenvalue weighted by molar-refractivity contribution is 0.277. The molecule has 0 aromatic carbocycles. The quantitative estimate of drug-likeness (QED) is 0.555. The summed E-state index contributed by atoms with van der Waals surface area (Å²) in [5.41, 5.74) is 0. The van der Waals surface area contributed by atoms with Gasteiger partial charge >= 0.3 is 0 Å². The van der Waals surface area contributed by atoms with Crippen LogP contribution in [0.5, 0.6) is 0 Å². The largest absolute Gasteiger partial charge is 0.0625 e. The van der Waals surface area contributed by atoms with E-state index in [2.05, 4.69) is 13.8 Å². The van der Waals surface area contributed by atoms with E-state index in [9.17, 15) is 0 Å². The van der Waals surface area contributed by atoms with Crippen LogP contribution in [0.1, 0.15) is 52.4 Å². The van der Waals surface area contributed by atoms with E-state index in [0.717, 1.165) is 23.7 Å². The molecule has 1 unspecified atom stereocenters. The Bertz CT molecular complexity index is 134. The standard InChI is InChI=1S/C12H22/c1-9(2)12-7-10-5-3-4-6-11(10)8-12/h9-12H,3-8H2,1-2H3/t10-,11+,12?. The van der Waals surface area contributed by atoms with Gasteiger partial charge in [0.2, 0.25) is 0 Å². The van der Waals surface area contributed by atoms with Gasteiger partial charge in [0.15, 0.2) is 0 Å². The minimum Gasteiger partial charge on any atom is -0.0625 e. The molecule has 2 aliphatic carbocycles. The smallest absolute Gasteiger partial charge is 0.0383 e. The van der Waals surface area contributed by atoms with Crippen molar-refractivity contribution in [3.05, 3.63) is 0 Å². The van der Waals surface area contributed by atoms with Gasteiger partial charge in [-0.15, -0.1) is 0 Å².